The SMILES string of the molecule is CC(=O)OC1=CC=CC23CCC4C(CCC5C[C@H](OC(C)=O)CCC54C)C2CCC13. The van der Waals surface area contributed by atoms with E-state index in [9.17, 15) is 9.59 Å². The van der Waals surface area contributed by atoms with Crippen LogP contribution in [0.1, 0.15) is 78.6 Å². The molecule has 4 nitrogen and oxygen atoms in total. The Morgan fingerprint density at radius 3 is 2.57 bits per heavy atom. The summed E-state index contributed by atoms with van der Waals surface area (Å²) in [4.78, 5) is 23.1. The lowest BCUT2D eigenvalue weighted by molar-refractivity contribution is -0.159. The van der Waals surface area contributed by atoms with Gasteiger partial charge < -0.3 is 9.47 Å². The van der Waals surface area contributed by atoms with Gasteiger partial charge in [-0.2, -0.15) is 0 Å². The van der Waals surface area contributed by atoms with Gasteiger partial charge in [0.15, 0.2) is 0 Å². The van der Waals surface area contributed by atoms with E-state index in [4.69, 9.17) is 9.47 Å². The molecule has 0 aliphatic heterocycles. The minimum absolute atomic E-state index is 0.126. The lowest BCUT2D eigenvalue weighted by Gasteiger charge is -2.61. The molecule has 5 aliphatic rings. The summed E-state index contributed by atoms with van der Waals surface area (Å²) in [5, 5.41) is 0. The van der Waals surface area contributed by atoms with E-state index in [1.165, 1.54) is 52.4 Å². The van der Waals surface area contributed by atoms with Crippen LogP contribution >= 0.6 is 0 Å². The summed E-state index contributed by atoms with van der Waals surface area (Å²) in [6.07, 6.45) is 17.5. The molecule has 4 heteroatoms. The Labute approximate surface area is 180 Å². The van der Waals surface area contributed by atoms with Crippen LogP contribution < -0.4 is 0 Å². The van der Waals surface area contributed by atoms with Crippen molar-refractivity contribution in [2.24, 2.45) is 40.4 Å². The zero-order valence-electron chi connectivity index (χ0n) is 18.7. The molecule has 5 rings (SSSR count). The van der Waals surface area contributed by atoms with Gasteiger partial charge in [0.1, 0.15) is 11.9 Å². The van der Waals surface area contributed by atoms with Crippen LogP contribution in [0.2, 0.25) is 0 Å². The summed E-state index contributed by atoms with van der Waals surface area (Å²) >= 11 is 0. The quantitative estimate of drug-likeness (QED) is 0.556. The van der Waals surface area contributed by atoms with Crippen molar-refractivity contribution in [1.29, 1.82) is 0 Å². The van der Waals surface area contributed by atoms with Crippen LogP contribution in [-0.4, -0.2) is 18.0 Å². The zero-order valence-corrected chi connectivity index (χ0v) is 18.7. The standard InChI is InChI=1S/C26H36O4/c1-16(27)29-19-10-13-25(3)18(15-19)6-7-20-21(25)11-14-26-12-4-5-24(30-17(2)28)23(26)9-8-22(20)26/h4-5,12,18-23H,6-11,13-15H2,1-3H3/t18?,19-,20?,21?,22?,23?,25?,26?/m1/s1. The number of allylic oxidation sites excluding steroid dienone is 4. The van der Waals surface area contributed by atoms with Gasteiger partial charge in [-0.15, -0.1) is 0 Å². The third-order valence-electron chi connectivity index (χ3n) is 9.81. The molecule has 1 spiro atoms. The molecule has 0 amide bonds. The van der Waals surface area contributed by atoms with Gasteiger partial charge in [-0.3, -0.25) is 9.59 Å². The van der Waals surface area contributed by atoms with Gasteiger partial charge >= 0.3 is 11.9 Å². The summed E-state index contributed by atoms with van der Waals surface area (Å²) in [6, 6.07) is 0. The Morgan fingerprint density at radius 2 is 1.80 bits per heavy atom. The Kier molecular flexibility index (Phi) is 4.91. The molecule has 0 saturated heterocycles. The summed E-state index contributed by atoms with van der Waals surface area (Å²) in [5.41, 5.74) is 0.574. The average molecular weight is 413 g/mol. The average Bonchev–Trinajstić information content (AvgIpc) is 3.08. The van der Waals surface area contributed by atoms with Crippen LogP contribution in [0.4, 0.5) is 0 Å². The smallest absolute Gasteiger partial charge is 0.307 e. The van der Waals surface area contributed by atoms with Crippen molar-refractivity contribution in [1.82, 2.24) is 0 Å². The van der Waals surface area contributed by atoms with Crippen molar-refractivity contribution in [3.8, 4) is 0 Å². The second-order valence-electron chi connectivity index (χ2n) is 11.0. The van der Waals surface area contributed by atoms with Gasteiger partial charge in [0.2, 0.25) is 0 Å². The zero-order chi connectivity index (χ0) is 21.1. The van der Waals surface area contributed by atoms with E-state index in [2.05, 4.69) is 19.1 Å². The van der Waals surface area contributed by atoms with E-state index >= 15 is 0 Å². The first-order chi connectivity index (χ1) is 14.3. The number of carbonyl (C=O) groups is 2. The molecule has 30 heavy (non-hydrogen) atoms. The fourth-order valence-corrected chi connectivity index (χ4v) is 8.73. The van der Waals surface area contributed by atoms with Crippen LogP contribution in [0.5, 0.6) is 0 Å². The third-order valence-corrected chi connectivity index (χ3v) is 9.81. The minimum Gasteiger partial charge on any atom is -0.463 e. The van der Waals surface area contributed by atoms with Gasteiger partial charge in [-0.1, -0.05) is 19.1 Å². The molecule has 4 saturated carbocycles. The van der Waals surface area contributed by atoms with Crippen molar-refractivity contribution in [3.63, 3.8) is 0 Å². The maximum absolute atomic E-state index is 11.7. The molecule has 164 valence electrons. The molecule has 7 unspecified atom stereocenters. The lowest BCUT2D eigenvalue weighted by Crippen LogP contribution is -2.54. The second kappa shape index (κ2) is 7.24. The number of hydrogen-bond acceptors (Lipinski definition) is 4. The Morgan fingerprint density at radius 1 is 0.967 bits per heavy atom. The first-order valence-electron chi connectivity index (χ1n) is 12.1. The van der Waals surface area contributed by atoms with Crippen molar-refractivity contribution in [2.45, 2.75) is 84.7 Å². The van der Waals surface area contributed by atoms with Crippen LogP contribution in [0.15, 0.2) is 24.0 Å². The maximum Gasteiger partial charge on any atom is 0.307 e. The second-order valence-corrected chi connectivity index (χ2v) is 11.0. The molecule has 0 radical (unpaired) electrons. The molecular weight excluding hydrogens is 376 g/mol. The van der Waals surface area contributed by atoms with E-state index in [1.54, 1.807) is 0 Å². The molecule has 0 aromatic rings. The summed E-state index contributed by atoms with van der Waals surface area (Å²) in [6.45, 7) is 5.60. The highest BCUT2D eigenvalue weighted by atomic mass is 16.5. The van der Waals surface area contributed by atoms with Gasteiger partial charge in [0.05, 0.1) is 0 Å². The summed E-state index contributed by atoms with van der Waals surface area (Å²) in [7, 11) is 0. The number of carbonyl (C=O) groups excluding carboxylic acids is 2. The molecule has 0 N–H and O–H groups in total. The molecule has 0 aromatic heterocycles. The number of fused-ring (bicyclic) bond motifs is 4. The fraction of sp³-hybridized carbons (Fsp3) is 0.769. The van der Waals surface area contributed by atoms with E-state index in [1.807, 2.05) is 6.08 Å². The highest BCUT2D eigenvalue weighted by Gasteiger charge is 2.62. The van der Waals surface area contributed by atoms with Crippen LogP contribution in [0, 0.1) is 40.4 Å². The maximum atomic E-state index is 11.7. The number of rotatable bonds is 2. The first kappa shape index (κ1) is 20.3. The van der Waals surface area contributed by atoms with E-state index in [0.29, 0.717) is 23.2 Å². The van der Waals surface area contributed by atoms with Crippen molar-refractivity contribution < 1.29 is 19.1 Å². The van der Waals surface area contributed by atoms with Crippen LogP contribution in [-0.2, 0) is 19.1 Å². The molecule has 0 bridgehead atoms. The molecule has 0 heterocycles. The summed E-state index contributed by atoms with van der Waals surface area (Å²) < 4.78 is 11.3. The largest absolute Gasteiger partial charge is 0.463 e. The number of ether oxygens (including phenoxy) is 2. The number of esters is 2. The van der Waals surface area contributed by atoms with Gasteiger partial charge in [-0.05, 0) is 93.0 Å². The number of hydrogen-bond donors (Lipinski definition) is 0. The normalized spacial score (nSPS) is 46.6. The topological polar surface area (TPSA) is 52.6 Å². The Bertz CT molecular complexity index is 797. The van der Waals surface area contributed by atoms with Crippen LogP contribution in [0.25, 0.3) is 0 Å². The lowest BCUT2D eigenvalue weighted by atomic mass is 9.44. The Balaban J connectivity index is 1.37. The fourth-order valence-electron chi connectivity index (χ4n) is 8.73. The van der Waals surface area contributed by atoms with Gasteiger partial charge in [0, 0.05) is 25.2 Å². The summed E-state index contributed by atoms with van der Waals surface area (Å²) in [5.74, 6) is 3.91. The molecule has 4 fully saturated rings. The van der Waals surface area contributed by atoms with Crippen molar-refractivity contribution in [2.75, 3.05) is 0 Å². The molecule has 5 aliphatic carbocycles. The molecular formula is C26H36O4. The van der Waals surface area contributed by atoms with Crippen molar-refractivity contribution >= 4 is 11.9 Å². The molecule has 0 aromatic carbocycles. The highest BCUT2D eigenvalue weighted by Crippen LogP contribution is 2.69. The minimum atomic E-state index is -0.193. The first-order valence-corrected chi connectivity index (χ1v) is 12.1. The van der Waals surface area contributed by atoms with Crippen molar-refractivity contribution in [3.05, 3.63) is 24.0 Å². The molecule has 8 atom stereocenters. The Hall–Kier alpha value is -1.58. The third kappa shape index (κ3) is 3.00. The van der Waals surface area contributed by atoms with Gasteiger partial charge in [-0.25, -0.2) is 0 Å². The van der Waals surface area contributed by atoms with Gasteiger partial charge in [0.25, 0.3) is 0 Å². The van der Waals surface area contributed by atoms with E-state index in [-0.39, 0.29) is 23.5 Å². The van der Waals surface area contributed by atoms with E-state index in [0.717, 1.165) is 36.9 Å². The monoisotopic (exact) mass is 412 g/mol. The predicted molar refractivity (Wildman–Crippen MR) is 114 cm³/mol. The van der Waals surface area contributed by atoms with E-state index < -0.39 is 0 Å². The predicted octanol–water partition coefficient (Wildman–Crippen LogP) is 5.57. The highest BCUT2D eigenvalue weighted by molar-refractivity contribution is 5.67. The van der Waals surface area contributed by atoms with Crippen LogP contribution in [0.3, 0.4) is 0 Å².